The van der Waals surface area contributed by atoms with Gasteiger partial charge in [0, 0.05) is 11.1 Å². The van der Waals surface area contributed by atoms with E-state index in [4.69, 9.17) is 9.79 Å². The molecule has 0 saturated heterocycles. The van der Waals surface area contributed by atoms with Crippen molar-refractivity contribution in [2.24, 2.45) is 0 Å². The fraction of sp³-hybridized carbons (Fsp3) is 0.182. The summed E-state index contributed by atoms with van der Waals surface area (Å²) >= 11 is 1.60. The van der Waals surface area contributed by atoms with Crippen LogP contribution >= 0.6 is 18.9 Å². The molecule has 0 aliphatic carbocycles. The van der Waals surface area contributed by atoms with E-state index >= 15 is 0 Å². The Balaban J connectivity index is 2.21. The van der Waals surface area contributed by atoms with E-state index in [1.165, 1.54) is 6.92 Å². The minimum atomic E-state index is -4.15. The molecule has 3 N–H and O–H groups in total. The SMILES string of the molecule is CC(Nc1cc(-c2cccs2)ccn1)P(=O)(O)O. The Morgan fingerprint density at radius 3 is 2.83 bits per heavy atom. The number of aromatic nitrogens is 1. The maximum absolute atomic E-state index is 11.1. The highest BCUT2D eigenvalue weighted by Gasteiger charge is 2.23. The summed E-state index contributed by atoms with van der Waals surface area (Å²) in [5.41, 5.74) is 0.973. The van der Waals surface area contributed by atoms with Crippen molar-refractivity contribution in [2.75, 3.05) is 5.32 Å². The molecule has 0 bridgehead atoms. The number of anilines is 1. The molecular weight excluding hydrogens is 271 g/mol. The maximum atomic E-state index is 11.1. The summed E-state index contributed by atoms with van der Waals surface area (Å²) < 4.78 is 11.1. The molecule has 0 aromatic carbocycles. The van der Waals surface area contributed by atoms with Crippen molar-refractivity contribution in [3.05, 3.63) is 35.8 Å². The first-order valence-corrected chi connectivity index (χ1v) is 7.84. The lowest BCUT2D eigenvalue weighted by Gasteiger charge is -2.15. The molecule has 0 amide bonds. The molecule has 0 saturated carbocycles. The molecule has 2 aromatic heterocycles. The molecular formula is C11H13N2O3PS. The normalized spacial score (nSPS) is 13.3. The Hall–Kier alpha value is -1.20. The molecule has 18 heavy (non-hydrogen) atoms. The third-order valence-corrected chi connectivity index (χ3v) is 4.48. The molecule has 2 rings (SSSR count). The van der Waals surface area contributed by atoms with E-state index < -0.39 is 13.4 Å². The topological polar surface area (TPSA) is 82.5 Å². The second-order valence-electron chi connectivity index (χ2n) is 3.82. The lowest BCUT2D eigenvalue weighted by molar-refractivity contribution is 0.364. The summed E-state index contributed by atoms with van der Waals surface area (Å²) in [6.07, 6.45) is 1.61. The van der Waals surface area contributed by atoms with Gasteiger partial charge in [0.1, 0.15) is 11.6 Å². The van der Waals surface area contributed by atoms with Crippen molar-refractivity contribution >= 4 is 24.8 Å². The van der Waals surface area contributed by atoms with Crippen molar-refractivity contribution < 1.29 is 14.4 Å². The van der Waals surface area contributed by atoms with Gasteiger partial charge in [-0.05, 0) is 36.1 Å². The highest BCUT2D eigenvalue weighted by molar-refractivity contribution is 7.52. The van der Waals surface area contributed by atoms with Crippen LogP contribution in [0.4, 0.5) is 5.82 Å². The van der Waals surface area contributed by atoms with Crippen LogP contribution in [0.15, 0.2) is 35.8 Å². The van der Waals surface area contributed by atoms with Gasteiger partial charge >= 0.3 is 7.60 Å². The quantitative estimate of drug-likeness (QED) is 0.752. The van der Waals surface area contributed by atoms with Crippen molar-refractivity contribution in [3.63, 3.8) is 0 Å². The smallest absolute Gasteiger partial charge is 0.347 e. The van der Waals surface area contributed by atoms with Gasteiger partial charge < -0.3 is 15.1 Å². The van der Waals surface area contributed by atoms with Crippen molar-refractivity contribution in [1.82, 2.24) is 4.98 Å². The van der Waals surface area contributed by atoms with Gasteiger partial charge in [0.25, 0.3) is 0 Å². The summed E-state index contributed by atoms with van der Waals surface area (Å²) in [5, 5.41) is 4.69. The Bertz CT molecular complexity index is 567. The number of pyridine rings is 1. The fourth-order valence-electron chi connectivity index (χ4n) is 1.40. The number of rotatable bonds is 4. The van der Waals surface area contributed by atoms with E-state index in [0.29, 0.717) is 5.82 Å². The number of hydrogen-bond acceptors (Lipinski definition) is 4. The van der Waals surface area contributed by atoms with Gasteiger partial charge in [-0.25, -0.2) is 4.98 Å². The molecule has 96 valence electrons. The Morgan fingerprint density at radius 1 is 1.44 bits per heavy atom. The predicted molar refractivity (Wildman–Crippen MR) is 72.7 cm³/mol. The number of nitrogens with zero attached hydrogens (tertiary/aromatic N) is 1. The van der Waals surface area contributed by atoms with E-state index in [1.807, 2.05) is 23.6 Å². The standard InChI is InChI=1S/C11H13N2O3PS/c1-8(17(14,15)16)13-11-7-9(4-5-12-11)10-3-2-6-18-10/h2-8H,1H3,(H,12,13)(H2,14,15,16). The summed E-state index contributed by atoms with van der Waals surface area (Å²) in [6, 6.07) is 7.57. The fourth-order valence-corrected chi connectivity index (χ4v) is 2.43. The van der Waals surface area contributed by atoms with Crippen molar-refractivity contribution in [3.8, 4) is 10.4 Å². The molecule has 0 aliphatic rings. The van der Waals surface area contributed by atoms with Crippen LogP contribution in [0.2, 0.25) is 0 Å². The molecule has 1 unspecified atom stereocenters. The van der Waals surface area contributed by atoms with Gasteiger partial charge in [-0.15, -0.1) is 11.3 Å². The number of thiophene rings is 1. The van der Waals surface area contributed by atoms with Gasteiger partial charge in [-0.3, -0.25) is 4.57 Å². The van der Waals surface area contributed by atoms with Gasteiger partial charge in [-0.1, -0.05) is 6.07 Å². The molecule has 5 nitrogen and oxygen atoms in total. The Labute approximate surface area is 109 Å². The van der Waals surface area contributed by atoms with E-state index in [-0.39, 0.29) is 0 Å². The van der Waals surface area contributed by atoms with Crippen LogP contribution in [0.5, 0.6) is 0 Å². The maximum Gasteiger partial charge on any atom is 0.347 e. The average Bonchev–Trinajstić information content (AvgIpc) is 2.81. The van der Waals surface area contributed by atoms with Crippen LogP contribution in [0.25, 0.3) is 10.4 Å². The minimum Gasteiger partial charge on any atom is -0.356 e. The van der Waals surface area contributed by atoms with Crippen LogP contribution in [-0.4, -0.2) is 20.6 Å². The number of hydrogen-bond donors (Lipinski definition) is 3. The van der Waals surface area contributed by atoms with Crippen LogP contribution in [0.1, 0.15) is 6.92 Å². The first kappa shape index (κ1) is 13.2. The third-order valence-electron chi connectivity index (χ3n) is 2.43. The zero-order valence-corrected chi connectivity index (χ0v) is 11.4. The summed E-state index contributed by atoms with van der Waals surface area (Å²) in [5.74, 6) is -0.500. The average molecular weight is 284 g/mol. The van der Waals surface area contributed by atoms with E-state index in [0.717, 1.165) is 10.4 Å². The van der Waals surface area contributed by atoms with E-state index in [9.17, 15) is 4.57 Å². The van der Waals surface area contributed by atoms with Crippen LogP contribution in [0, 0.1) is 0 Å². The second kappa shape index (κ2) is 5.20. The molecule has 2 heterocycles. The first-order chi connectivity index (χ1) is 8.47. The van der Waals surface area contributed by atoms with Crippen LogP contribution < -0.4 is 5.32 Å². The van der Waals surface area contributed by atoms with E-state index in [2.05, 4.69) is 10.3 Å². The van der Waals surface area contributed by atoms with Crippen LogP contribution in [0.3, 0.4) is 0 Å². The van der Waals surface area contributed by atoms with Crippen molar-refractivity contribution in [1.29, 1.82) is 0 Å². The highest BCUT2D eigenvalue weighted by Crippen LogP contribution is 2.40. The zero-order chi connectivity index (χ0) is 13.2. The summed E-state index contributed by atoms with van der Waals surface area (Å²) in [4.78, 5) is 23.2. The zero-order valence-electron chi connectivity index (χ0n) is 9.65. The Kier molecular flexibility index (Phi) is 3.82. The molecule has 0 spiro atoms. The lowest BCUT2D eigenvalue weighted by atomic mass is 10.2. The molecule has 0 fully saturated rings. The predicted octanol–water partition coefficient (Wildman–Crippen LogP) is 2.75. The second-order valence-corrected chi connectivity index (χ2v) is 6.72. The molecule has 0 radical (unpaired) electrons. The van der Waals surface area contributed by atoms with E-state index in [1.54, 1.807) is 23.6 Å². The molecule has 1 atom stereocenters. The summed E-state index contributed by atoms with van der Waals surface area (Å²) in [7, 11) is -4.15. The van der Waals surface area contributed by atoms with Gasteiger partial charge in [0.15, 0.2) is 0 Å². The molecule has 2 aromatic rings. The van der Waals surface area contributed by atoms with Gasteiger partial charge in [0.05, 0.1) is 0 Å². The van der Waals surface area contributed by atoms with Gasteiger partial charge in [0.2, 0.25) is 0 Å². The van der Waals surface area contributed by atoms with Gasteiger partial charge in [-0.2, -0.15) is 0 Å². The summed E-state index contributed by atoms with van der Waals surface area (Å²) in [6.45, 7) is 1.43. The first-order valence-electron chi connectivity index (χ1n) is 5.28. The minimum absolute atomic E-state index is 0.455. The molecule has 0 aliphatic heterocycles. The van der Waals surface area contributed by atoms with Crippen molar-refractivity contribution in [2.45, 2.75) is 12.7 Å². The lowest BCUT2D eigenvalue weighted by Crippen LogP contribution is -2.15. The van der Waals surface area contributed by atoms with Crippen LogP contribution in [-0.2, 0) is 4.57 Å². The monoisotopic (exact) mass is 284 g/mol. The largest absolute Gasteiger partial charge is 0.356 e. The third kappa shape index (κ3) is 3.17. The Morgan fingerprint density at radius 2 is 2.22 bits per heavy atom. The molecule has 7 heteroatoms. The number of nitrogens with one attached hydrogen (secondary N) is 1. The highest BCUT2D eigenvalue weighted by atomic mass is 32.1.